The summed E-state index contributed by atoms with van der Waals surface area (Å²) in [6, 6.07) is 26.3. The number of amidine groups is 1. The number of thioether (sulfide) groups is 1. The highest BCUT2D eigenvalue weighted by Crippen LogP contribution is 2.18. The number of rotatable bonds is 5. The quantitative estimate of drug-likeness (QED) is 0.310. The summed E-state index contributed by atoms with van der Waals surface area (Å²) in [7, 11) is 0. The number of benzene rings is 3. The zero-order valence-corrected chi connectivity index (χ0v) is 16.0. The number of hydrogen-bond donors (Lipinski definition) is 1. The van der Waals surface area contributed by atoms with Crippen LogP contribution >= 0.6 is 11.8 Å². The van der Waals surface area contributed by atoms with Crippen LogP contribution in [0.15, 0.2) is 95.4 Å². The molecule has 0 saturated heterocycles. The van der Waals surface area contributed by atoms with Crippen LogP contribution in [0.1, 0.15) is 11.1 Å². The molecule has 0 saturated carbocycles. The molecule has 6 heteroatoms. The third kappa shape index (κ3) is 4.29. The molecule has 0 aliphatic carbocycles. The molecule has 0 spiro atoms. The van der Waals surface area contributed by atoms with Crippen LogP contribution in [0.5, 0.6) is 0 Å². The fraction of sp³-hybridized carbons (Fsp3) is 0.0455. The molecule has 4 rings (SSSR count). The van der Waals surface area contributed by atoms with Crippen molar-refractivity contribution in [3.05, 3.63) is 96.3 Å². The van der Waals surface area contributed by atoms with E-state index < -0.39 is 0 Å². The van der Waals surface area contributed by atoms with Crippen molar-refractivity contribution in [3.63, 3.8) is 0 Å². The lowest BCUT2D eigenvalue weighted by atomic mass is 10.2. The Kier molecular flexibility index (Phi) is 5.49. The lowest BCUT2D eigenvalue weighted by Crippen LogP contribution is -2.06. The first kappa shape index (κ1) is 18.0. The maximum Gasteiger partial charge on any atom is 0.180 e. The SMILES string of the molecule is NC(=NN=Cc1ccc(-n2cnc3ccccc32)cc1)SCc1ccccc1. The van der Waals surface area contributed by atoms with Crippen LogP contribution in [0, 0.1) is 0 Å². The van der Waals surface area contributed by atoms with Gasteiger partial charge in [0.1, 0.15) is 6.33 Å². The van der Waals surface area contributed by atoms with E-state index in [4.69, 9.17) is 5.73 Å². The van der Waals surface area contributed by atoms with Gasteiger partial charge in [-0.3, -0.25) is 4.57 Å². The molecule has 0 radical (unpaired) electrons. The predicted molar refractivity (Wildman–Crippen MR) is 118 cm³/mol. The van der Waals surface area contributed by atoms with E-state index in [0.717, 1.165) is 28.0 Å². The second kappa shape index (κ2) is 8.54. The molecule has 4 aromatic rings. The number of imidazole rings is 1. The van der Waals surface area contributed by atoms with Crippen LogP contribution in [-0.2, 0) is 5.75 Å². The molecular weight excluding hydrogens is 366 g/mol. The number of para-hydroxylation sites is 2. The third-order valence-electron chi connectivity index (χ3n) is 4.22. The zero-order valence-electron chi connectivity index (χ0n) is 15.1. The summed E-state index contributed by atoms with van der Waals surface area (Å²) in [4.78, 5) is 4.43. The van der Waals surface area contributed by atoms with Gasteiger partial charge < -0.3 is 5.73 Å². The predicted octanol–water partition coefficient (Wildman–Crippen LogP) is 4.61. The van der Waals surface area contributed by atoms with Gasteiger partial charge in [-0.2, -0.15) is 5.10 Å². The molecule has 0 aliphatic rings. The van der Waals surface area contributed by atoms with Gasteiger partial charge in [-0.1, -0.05) is 66.4 Å². The zero-order chi connectivity index (χ0) is 19.2. The average molecular weight is 385 g/mol. The lowest BCUT2D eigenvalue weighted by Gasteiger charge is -2.04. The topological polar surface area (TPSA) is 68.6 Å². The van der Waals surface area contributed by atoms with Gasteiger partial charge in [-0.25, -0.2) is 4.98 Å². The van der Waals surface area contributed by atoms with E-state index in [2.05, 4.69) is 38.0 Å². The minimum Gasteiger partial charge on any atom is -0.377 e. The Morgan fingerprint density at radius 1 is 0.964 bits per heavy atom. The van der Waals surface area contributed by atoms with Crippen LogP contribution in [0.25, 0.3) is 16.7 Å². The number of hydrogen-bond acceptors (Lipinski definition) is 4. The van der Waals surface area contributed by atoms with Crippen molar-refractivity contribution in [3.8, 4) is 5.69 Å². The van der Waals surface area contributed by atoms with Crippen molar-refractivity contribution in [1.29, 1.82) is 0 Å². The standard InChI is InChI=1S/C22H19N5S/c23-22(28-15-18-6-2-1-3-7-18)26-25-14-17-10-12-19(13-11-17)27-16-24-20-8-4-5-9-21(20)27/h1-14,16H,15H2,(H2,23,26). The largest absolute Gasteiger partial charge is 0.377 e. The highest BCUT2D eigenvalue weighted by atomic mass is 32.2. The van der Waals surface area contributed by atoms with Crippen molar-refractivity contribution in [2.24, 2.45) is 15.9 Å². The molecule has 138 valence electrons. The van der Waals surface area contributed by atoms with Crippen LogP contribution in [0.2, 0.25) is 0 Å². The first-order chi connectivity index (χ1) is 13.8. The van der Waals surface area contributed by atoms with Crippen molar-refractivity contribution in [2.75, 3.05) is 0 Å². The maximum atomic E-state index is 5.92. The van der Waals surface area contributed by atoms with E-state index in [1.54, 1.807) is 6.21 Å². The molecule has 0 aliphatic heterocycles. The maximum absolute atomic E-state index is 5.92. The Balaban J connectivity index is 1.40. The first-order valence-electron chi connectivity index (χ1n) is 8.85. The highest BCUT2D eigenvalue weighted by molar-refractivity contribution is 8.13. The van der Waals surface area contributed by atoms with Crippen LogP contribution in [0.3, 0.4) is 0 Å². The number of nitrogens with zero attached hydrogens (tertiary/aromatic N) is 4. The molecule has 3 aromatic carbocycles. The molecule has 0 atom stereocenters. The summed E-state index contributed by atoms with van der Waals surface area (Å²) < 4.78 is 2.06. The Bertz CT molecular complexity index is 1110. The fourth-order valence-corrected chi connectivity index (χ4v) is 3.41. The minimum absolute atomic E-state index is 0.446. The van der Waals surface area contributed by atoms with E-state index in [9.17, 15) is 0 Å². The van der Waals surface area contributed by atoms with Crippen molar-refractivity contribution < 1.29 is 0 Å². The summed E-state index contributed by atoms with van der Waals surface area (Å²) in [5, 5.41) is 8.60. The summed E-state index contributed by atoms with van der Waals surface area (Å²) in [5.74, 6) is 0.777. The average Bonchev–Trinajstić information content (AvgIpc) is 3.18. The summed E-state index contributed by atoms with van der Waals surface area (Å²) in [6.45, 7) is 0. The Morgan fingerprint density at radius 3 is 2.54 bits per heavy atom. The van der Waals surface area contributed by atoms with Gasteiger partial charge in [0.2, 0.25) is 0 Å². The monoisotopic (exact) mass is 385 g/mol. The molecule has 28 heavy (non-hydrogen) atoms. The molecule has 0 unspecified atom stereocenters. The van der Waals surface area contributed by atoms with Gasteiger partial charge in [-0.05, 0) is 35.4 Å². The smallest absolute Gasteiger partial charge is 0.180 e. The number of aromatic nitrogens is 2. The fourth-order valence-electron chi connectivity index (χ4n) is 2.80. The van der Waals surface area contributed by atoms with E-state index in [-0.39, 0.29) is 0 Å². The van der Waals surface area contributed by atoms with E-state index in [0.29, 0.717) is 5.17 Å². The molecule has 1 heterocycles. The molecular formula is C22H19N5S. The molecule has 0 fully saturated rings. The summed E-state index contributed by atoms with van der Waals surface area (Å²) in [6.07, 6.45) is 3.54. The molecule has 0 bridgehead atoms. The second-order valence-corrected chi connectivity index (χ2v) is 7.15. The van der Waals surface area contributed by atoms with Gasteiger partial charge in [0.25, 0.3) is 0 Å². The van der Waals surface area contributed by atoms with Crippen molar-refractivity contribution in [2.45, 2.75) is 5.75 Å². The first-order valence-corrected chi connectivity index (χ1v) is 9.84. The Hall–Kier alpha value is -3.38. The van der Waals surface area contributed by atoms with Crippen LogP contribution < -0.4 is 5.73 Å². The molecule has 5 nitrogen and oxygen atoms in total. The van der Waals surface area contributed by atoms with E-state index in [1.807, 2.05) is 67.0 Å². The Labute approximate surface area is 167 Å². The van der Waals surface area contributed by atoms with Gasteiger partial charge in [0.15, 0.2) is 5.17 Å². The summed E-state index contributed by atoms with van der Waals surface area (Å²) in [5.41, 5.74) is 11.2. The molecule has 0 amide bonds. The Morgan fingerprint density at radius 2 is 1.71 bits per heavy atom. The van der Waals surface area contributed by atoms with Crippen LogP contribution in [-0.4, -0.2) is 20.9 Å². The second-order valence-electron chi connectivity index (χ2n) is 6.15. The van der Waals surface area contributed by atoms with E-state index >= 15 is 0 Å². The van der Waals surface area contributed by atoms with Crippen molar-refractivity contribution >= 4 is 34.2 Å². The number of fused-ring (bicyclic) bond motifs is 1. The van der Waals surface area contributed by atoms with Gasteiger partial charge >= 0.3 is 0 Å². The van der Waals surface area contributed by atoms with Gasteiger partial charge in [0.05, 0.1) is 17.2 Å². The van der Waals surface area contributed by atoms with E-state index in [1.165, 1.54) is 17.3 Å². The number of nitrogens with two attached hydrogens (primary N) is 1. The highest BCUT2D eigenvalue weighted by Gasteiger charge is 2.03. The summed E-state index contributed by atoms with van der Waals surface area (Å²) >= 11 is 1.47. The van der Waals surface area contributed by atoms with Gasteiger partial charge in [0, 0.05) is 11.4 Å². The minimum atomic E-state index is 0.446. The van der Waals surface area contributed by atoms with Crippen LogP contribution in [0.4, 0.5) is 0 Å². The van der Waals surface area contributed by atoms with Crippen molar-refractivity contribution in [1.82, 2.24) is 9.55 Å². The third-order valence-corrected chi connectivity index (χ3v) is 5.07. The normalized spacial score (nSPS) is 12.1. The molecule has 2 N–H and O–H groups in total. The van der Waals surface area contributed by atoms with Gasteiger partial charge in [-0.15, -0.1) is 5.10 Å². The molecule has 1 aromatic heterocycles. The lowest BCUT2D eigenvalue weighted by molar-refractivity contribution is 1.09.